The number of carbonyl (C=O) groups excluding carboxylic acids is 1. The summed E-state index contributed by atoms with van der Waals surface area (Å²) in [4.78, 5) is 21.1. The molecule has 164 valence electrons. The van der Waals surface area contributed by atoms with E-state index in [0.29, 0.717) is 18.7 Å². The second-order valence-electron chi connectivity index (χ2n) is 6.69. The second kappa shape index (κ2) is 10.9. The normalized spacial score (nSPS) is 10.3. The lowest BCUT2D eigenvalue weighted by molar-refractivity contribution is 0.0953. The summed E-state index contributed by atoms with van der Waals surface area (Å²) in [6, 6.07) is 13.3. The van der Waals surface area contributed by atoms with Crippen LogP contribution in [0.3, 0.4) is 0 Å². The van der Waals surface area contributed by atoms with Gasteiger partial charge in [0.25, 0.3) is 5.91 Å². The number of anilines is 1. The molecule has 1 amide bonds. The standard InChI is InChI=1S/C22H22N6O.C2H6.2H2/c1-2-9-24-22(29)18-7-3-6-17(12-18)19-15-26-28-11-8-20(27-21(19)28)25-14-16-5-4-10-23-13-16;1-2;;/h3-8,10-13,15H,2,9,14H2,1H3,(H,24,29)(H,25,27);1-2H3;2*1H. The molecule has 0 bridgehead atoms. The molecular weight excluding hydrogens is 388 g/mol. The van der Waals surface area contributed by atoms with Gasteiger partial charge in [0.2, 0.25) is 0 Å². The minimum Gasteiger partial charge on any atom is -0.366 e. The van der Waals surface area contributed by atoms with Crippen LogP contribution in [0.5, 0.6) is 0 Å². The Morgan fingerprint density at radius 1 is 1.13 bits per heavy atom. The first-order valence-electron chi connectivity index (χ1n) is 10.6. The summed E-state index contributed by atoms with van der Waals surface area (Å²) >= 11 is 0. The number of fused-ring (bicyclic) bond motifs is 1. The number of amides is 1. The summed E-state index contributed by atoms with van der Waals surface area (Å²) in [5.74, 6) is 0.678. The fourth-order valence-electron chi connectivity index (χ4n) is 3.03. The number of nitrogens with zero attached hydrogens (tertiary/aromatic N) is 4. The minimum absolute atomic E-state index is 0. The van der Waals surface area contributed by atoms with Gasteiger partial charge in [0, 0.05) is 45.7 Å². The molecule has 3 aromatic heterocycles. The SMILES string of the molecule is CC.CCCNC(=O)c1cccc(-c2cnn3ccc(NCc4cccnc4)nc23)c1.[HH].[HH]. The van der Waals surface area contributed by atoms with Gasteiger partial charge in [-0.1, -0.05) is 39.0 Å². The minimum atomic E-state index is -0.0723. The number of pyridine rings is 1. The molecule has 0 atom stereocenters. The predicted octanol–water partition coefficient (Wildman–Crippen LogP) is 5.06. The molecule has 7 heteroatoms. The van der Waals surface area contributed by atoms with Crippen molar-refractivity contribution in [2.45, 2.75) is 33.7 Å². The third-order valence-electron chi connectivity index (χ3n) is 4.54. The summed E-state index contributed by atoms with van der Waals surface area (Å²) in [5.41, 5.74) is 4.21. The van der Waals surface area contributed by atoms with E-state index >= 15 is 0 Å². The van der Waals surface area contributed by atoms with Gasteiger partial charge in [-0.05, 0) is 41.8 Å². The van der Waals surface area contributed by atoms with Crippen LogP contribution in [0.1, 0.15) is 46.0 Å². The van der Waals surface area contributed by atoms with E-state index in [1.807, 2.05) is 75.6 Å². The van der Waals surface area contributed by atoms with Crippen molar-refractivity contribution in [3.8, 4) is 11.1 Å². The molecule has 2 N–H and O–H groups in total. The van der Waals surface area contributed by atoms with Gasteiger partial charge in [-0.25, -0.2) is 9.50 Å². The molecule has 31 heavy (non-hydrogen) atoms. The number of aromatic nitrogens is 4. The quantitative estimate of drug-likeness (QED) is 0.436. The molecule has 7 nitrogen and oxygen atoms in total. The first-order valence-corrected chi connectivity index (χ1v) is 10.6. The average molecular weight is 421 g/mol. The molecule has 4 rings (SSSR count). The first kappa shape index (κ1) is 22.0. The molecule has 0 saturated heterocycles. The number of rotatable bonds is 7. The topological polar surface area (TPSA) is 84.2 Å². The van der Waals surface area contributed by atoms with Crippen molar-refractivity contribution in [2.24, 2.45) is 0 Å². The Bertz CT molecular complexity index is 1130. The molecular formula is C24H32N6O. The first-order chi connectivity index (χ1) is 15.2. The zero-order valence-corrected chi connectivity index (χ0v) is 18.2. The van der Waals surface area contributed by atoms with Crippen LogP contribution in [0.15, 0.2) is 67.3 Å². The average Bonchev–Trinajstić information content (AvgIpc) is 3.26. The predicted molar refractivity (Wildman–Crippen MR) is 128 cm³/mol. The lowest BCUT2D eigenvalue weighted by atomic mass is 10.1. The van der Waals surface area contributed by atoms with Crippen LogP contribution in [-0.4, -0.2) is 32.0 Å². The summed E-state index contributed by atoms with van der Waals surface area (Å²) in [5, 5.41) is 10.6. The number of nitrogens with one attached hydrogen (secondary N) is 2. The summed E-state index contributed by atoms with van der Waals surface area (Å²) in [6.07, 6.45) is 8.12. The van der Waals surface area contributed by atoms with Crippen molar-refractivity contribution >= 4 is 17.4 Å². The molecule has 4 aromatic rings. The summed E-state index contributed by atoms with van der Waals surface area (Å²) in [6.45, 7) is 7.32. The third kappa shape index (κ3) is 5.45. The number of hydrogen-bond acceptors (Lipinski definition) is 5. The number of hydrogen-bond donors (Lipinski definition) is 2. The van der Waals surface area contributed by atoms with Crippen LogP contribution >= 0.6 is 0 Å². The van der Waals surface area contributed by atoms with Crippen LogP contribution in [0.4, 0.5) is 5.82 Å². The van der Waals surface area contributed by atoms with Gasteiger partial charge in [0.05, 0.1) is 6.20 Å². The molecule has 0 fully saturated rings. The molecule has 1 aromatic carbocycles. The second-order valence-corrected chi connectivity index (χ2v) is 6.69. The van der Waals surface area contributed by atoms with E-state index in [1.165, 1.54) is 0 Å². The molecule has 0 aliphatic carbocycles. The van der Waals surface area contributed by atoms with Crippen LogP contribution in [0.25, 0.3) is 16.8 Å². The molecule has 0 unspecified atom stereocenters. The number of benzene rings is 1. The molecule has 3 heterocycles. The molecule has 0 radical (unpaired) electrons. The molecule has 0 spiro atoms. The third-order valence-corrected chi connectivity index (χ3v) is 4.54. The van der Waals surface area contributed by atoms with Crippen LogP contribution in [0, 0.1) is 0 Å². The van der Waals surface area contributed by atoms with Crippen molar-refractivity contribution in [1.82, 2.24) is 24.9 Å². The monoisotopic (exact) mass is 420 g/mol. The van der Waals surface area contributed by atoms with Gasteiger partial charge in [0.15, 0.2) is 5.65 Å². The van der Waals surface area contributed by atoms with E-state index in [0.717, 1.165) is 34.6 Å². The summed E-state index contributed by atoms with van der Waals surface area (Å²) in [7, 11) is 0. The van der Waals surface area contributed by atoms with Crippen molar-refractivity contribution in [3.05, 3.63) is 78.4 Å². The van der Waals surface area contributed by atoms with Gasteiger partial charge in [-0.2, -0.15) is 5.10 Å². The van der Waals surface area contributed by atoms with Gasteiger partial charge in [-0.3, -0.25) is 9.78 Å². The van der Waals surface area contributed by atoms with E-state index in [4.69, 9.17) is 4.98 Å². The molecule has 0 aliphatic heterocycles. The van der Waals surface area contributed by atoms with E-state index in [-0.39, 0.29) is 8.76 Å². The Kier molecular flexibility index (Phi) is 7.70. The summed E-state index contributed by atoms with van der Waals surface area (Å²) < 4.78 is 1.73. The van der Waals surface area contributed by atoms with E-state index in [9.17, 15) is 4.79 Å². The Labute approximate surface area is 185 Å². The van der Waals surface area contributed by atoms with Gasteiger partial charge < -0.3 is 10.6 Å². The lowest BCUT2D eigenvalue weighted by Gasteiger charge is -2.07. The smallest absolute Gasteiger partial charge is 0.251 e. The van der Waals surface area contributed by atoms with E-state index in [2.05, 4.69) is 20.7 Å². The fourth-order valence-corrected chi connectivity index (χ4v) is 3.03. The Hall–Kier alpha value is -3.74. The highest BCUT2D eigenvalue weighted by Gasteiger charge is 2.12. The largest absolute Gasteiger partial charge is 0.366 e. The highest BCUT2D eigenvalue weighted by molar-refractivity contribution is 5.96. The van der Waals surface area contributed by atoms with Gasteiger partial charge >= 0.3 is 0 Å². The van der Waals surface area contributed by atoms with Crippen LogP contribution in [0.2, 0.25) is 0 Å². The Morgan fingerprint density at radius 2 is 2.00 bits per heavy atom. The van der Waals surface area contributed by atoms with Gasteiger partial charge in [0.1, 0.15) is 5.82 Å². The maximum atomic E-state index is 12.3. The maximum Gasteiger partial charge on any atom is 0.251 e. The number of carbonyl (C=O) groups is 1. The lowest BCUT2D eigenvalue weighted by Crippen LogP contribution is -2.23. The van der Waals surface area contributed by atoms with Crippen molar-refractivity contribution in [3.63, 3.8) is 0 Å². The van der Waals surface area contributed by atoms with Crippen LogP contribution < -0.4 is 10.6 Å². The van der Waals surface area contributed by atoms with Crippen molar-refractivity contribution in [2.75, 3.05) is 11.9 Å². The van der Waals surface area contributed by atoms with E-state index < -0.39 is 0 Å². The van der Waals surface area contributed by atoms with Crippen molar-refractivity contribution < 1.29 is 7.65 Å². The maximum absolute atomic E-state index is 12.3. The van der Waals surface area contributed by atoms with E-state index in [1.54, 1.807) is 16.9 Å². The highest BCUT2D eigenvalue weighted by atomic mass is 16.1. The molecule has 0 aliphatic rings. The highest BCUT2D eigenvalue weighted by Crippen LogP contribution is 2.25. The van der Waals surface area contributed by atoms with Crippen molar-refractivity contribution in [1.29, 1.82) is 0 Å². The molecule has 0 saturated carbocycles. The Balaban J connectivity index is 0.00000133. The van der Waals surface area contributed by atoms with Crippen LogP contribution in [-0.2, 0) is 6.54 Å². The zero-order valence-electron chi connectivity index (χ0n) is 18.2. The van der Waals surface area contributed by atoms with Gasteiger partial charge in [-0.15, -0.1) is 0 Å². The zero-order chi connectivity index (χ0) is 22.1. The fraction of sp³-hybridized carbons (Fsp3) is 0.250. The Morgan fingerprint density at radius 3 is 2.77 bits per heavy atom.